The Balaban J connectivity index is 2.75. The molecule has 0 aliphatic heterocycles. The molecular weight excluding hydrogens is 244 g/mol. The van der Waals surface area contributed by atoms with Crippen LogP contribution in [0.15, 0.2) is 24.3 Å². The van der Waals surface area contributed by atoms with Crippen molar-refractivity contribution in [3.8, 4) is 5.75 Å². The van der Waals surface area contributed by atoms with Gasteiger partial charge in [0.05, 0.1) is 7.11 Å². The van der Waals surface area contributed by atoms with Crippen LogP contribution in [0.2, 0.25) is 12.1 Å². The molecule has 0 aliphatic carbocycles. The fourth-order valence-corrected chi connectivity index (χ4v) is 3.02. The van der Waals surface area contributed by atoms with Gasteiger partial charge in [0.15, 0.2) is 6.29 Å². The third-order valence-corrected chi connectivity index (χ3v) is 4.89. The van der Waals surface area contributed by atoms with Gasteiger partial charge < -0.3 is 13.9 Å². The summed E-state index contributed by atoms with van der Waals surface area (Å²) >= 11 is 0. The van der Waals surface area contributed by atoms with Gasteiger partial charge in [-0.1, -0.05) is 26.0 Å². The minimum absolute atomic E-state index is 0.241. The molecule has 0 bridgehead atoms. The van der Waals surface area contributed by atoms with E-state index in [1.165, 1.54) is 0 Å². The molecule has 1 unspecified atom stereocenters. The van der Waals surface area contributed by atoms with E-state index >= 15 is 0 Å². The standard InChI is InChI=1S/C14H23O3Si/c1-5-16-14(17-18(6-2)7-3)12-8-10-13(15-4)11-9-12/h8-11,14H,5-7H2,1-4H3. The maximum absolute atomic E-state index is 6.09. The molecule has 0 saturated carbocycles. The third kappa shape index (κ3) is 4.44. The first-order chi connectivity index (χ1) is 8.74. The zero-order valence-electron chi connectivity index (χ0n) is 11.7. The van der Waals surface area contributed by atoms with E-state index in [1.807, 2.05) is 31.2 Å². The normalized spacial score (nSPS) is 12.7. The van der Waals surface area contributed by atoms with Gasteiger partial charge in [-0.05, 0) is 31.1 Å². The smallest absolute Gasteiger partial charge is 0.214 e. The minimum atomic E-state index is -0.763. The highest BCUT2D eigenvalue weighted by Crippen LogP contribution is 2.23. The Bertz CT molecular complexity index is 322. The average Bonchev–Trinajstić information content (AvgIpc) is 2.43. The summed E-state index contributed by atoms with van der Waals surface area (Å²) in [5.41, 5.74) is 1.06. The van der Waals surface area contributed by atoms with Crippen molar-refractivity contribution in [1.82, 2.24) is 0 Å². The molecule has 1 rings (SSSR count). The lowest BCUT2D eigenvalue weighted by Crippen LogP contribution is -2.21. The van der Waals surface area contributed by atoms with Crippen LogP contribution in [-0.4, -0.2) is 22.8 Å². The highest BCUT2D eigenvalue weighted by Gasteiger charge is 2.18. The van der Waals surface area contributed by atoms with E-state index in [-0.39, 0.29) is 6.29 Å². The zero-order chi connectivity index (χ0) is 13.4. The lowest BCUT2D eigenvalue weighted by atomic mass is 10.2. The summed E-state index contributed by atoms with van der Waals surface area (Å²) in [6, 6.07) is 10.1. The number of ether oxygens (including phenoxy) is 2. The number of hydrogen-bond acceptors (Lipinski definition) is 3. The van der Waals surface area contributed by atoms with Crippen molar-refractivity contribution < 1.29 is 13.9 Å². The molecule has 1 radical (unpaired) electrons. The Morgan fingerprint density at radius 2 is 1.67 bits per heavy atom. The van der Waals surface area contributed by atoms with Crippen LogP contribution in [0.4, 0.5) is 0 Å². The summed E-state index contributed by atoms with van der Waals surface area (Å²) in [7, 11) is 0.905. The van der Waals surface area contributed by atoms with Gasteiger partial charge in [-0.25, -0.2) is 0 Å². The van der Waals surface area contributed by atoms with Crippen molar-refractivity contribution in [1.29, 1.82) is 0 Å². The van der Waals surface area contributed by atoms with Gasteiger partial charge in [-0.3, -0.25) is 0 Å². The van der Waals surface area contributed by atoms with Crippen LogP contribution < -0.4 is 4.74 Å². The molecule has 0 spiro atoms. The molecule has 4 heteroatoms. The van der Waals surface area contributed by atoms with Crippen molar-refractivity contribution in [2.75, 3.05) is 13.7 Å². The van der Waals surface area contributed by atoms with Crippen molar-refractivity contribution in [3.05, 3.63) is 29.8 Å². The number of hydrogen-bond donors (Lipinski definition) is 0. The van der Waals surface area contributed by atoms with Gasteiger partial charge in [0.1, 0.15) is 5.75 Å². The van der Waals surface area contributed by atoms with E-state index in [9.17, 15) is 0 Å². The summed E-state index contributed by atoms with van der Waals surface area (Å²) < 4.78 is 16.9. The minimum Gasteiger partial charge on any atom is -0.497 e. The maximum atomic E-state index is 6.09. The van der Waals surface area contributed by atoms with Crippen LogP contribution in [-0.2, 0) is 9.16 Å². The topological polar surface area (TPSA) is 27.7 Å². The highest BCUT2D eigenvalue weighted by atomic mass is 28.3. The molecule has 1 atom stereocenters. The molecule has 0 heterocycles. The number of methoxy groups -OCH3 is 1. The fourth-order valence-electron chi connectivity index (χ4n) is 1.68. The molecule has 0 aliphatic rings. The van der Waals surface area contributed by atoms with E-state index in [4.69, 9.17) is 13.9 Å². The summed E-state index contributed by atoms with van der Waals surface area (Å²) in [5.74, 6) is 0.852. The van der Waals surface area contributed by atoms with E-state index in [0.29, 0.717) is 6.61 Å². The van der Waals surface area contributed by atoms with Crippen molar-refractivity contribution in [3.63, 3.8) is 0 Å². The molecule has 18 heavy (non-hydrogen) atoms. The number of rotatable bonds is 8. The first-order valence-corrected chi connectivity index (χ1v) is 8.34. The predicted octanol–water partition coefficient (Wildman–Crippen LogP) is 3.78. The molecule has 101 valence electrons. The Morgan fingerprint density at radius 1 is 1.06 bits per heavy atom. The average molecular weight is 267 g/mol. The Morgan fingerprint density at radius 3 is 2.11 bits per heavy atom. The van der Waals surface area contributed by atoms with Crippen molar-refractivity contribution in [2.24, 2.45) is 0 Å². The van der Waals surface area contributed by atoms with Crippen molar-refractivity contribution >= 4 is 9.04 Å². The molecule has 0 aromatic heterocycles. The van der Waals surface area contributed by atoms with E-state index in [0.717, 1.165) is 23.4 Å². The molecule has 1 aromatic rings. The number of benzene rings is 1. The summed E-state index contributed by atoms with van der Waals surface area (Å²) in [4.78, 5) is 0. The van der Waals surface area contributed by atoms with E-state index in [1.54, 1.807) is 7.11 Å². The highest BCUT2D eigenvalue weighted by molar-refractivity contribution is 6.51. The molecule has 0 saturated heterocycles. The molecule has 1 aromatic carbocycles. The van der Waals surface area contributed by atoms with E-state index < -0.39 is 9.04 Å². The quantitative estimate of drug-likeness (QED) is 0.530. The summed E-state index contributed by atoms with van der Waals surface area (Å²) in [6.07, 6.45) is -0.241. The Hall–Kier alpha value is -0.843. The van der Waals surface area contributed by atoms with Crippen LogP contribution >= 0.6 is 0 Å². The van der Waals surface area contributed by atoms with Crippen LogP contribution in [0, 0.1) is 0 Å². The SMILES string of the molecule is CCOC(O[Si](CC)CC)c1ccc(OC)cc1. The van der Waals surface area contributed by atoms with Gasteiger partial charge in [0.2, 0.25) is 9.04 Å². The summed E-state index contributed by atoms with van der Waals surface area (Å²) in [6.45, 7) is 6.99. The second-order valence-electron chi connectivity index (χ2n) is 3.92. The first kappa shape index (κ1) is 15.2. The Labute approximate surface area is 112 Å². The molecule has 0 fully saturated rings. The van der Waals surface area contributed by atoms with Gasteiger partial charge in [0, 0.05) is 12.2 Å². The molecule has 0 N–H and O–H groups in total. The second kappa shape index (κ2) is 8.29. The van der Waals surface area contributed by atoms with Crippen LogP contribution in [0.3, 0.4) is 0 Å². The Kier molecular flexibility index (Phi) is 7.01. The second-order valence-corrected chi connectivity index (χ2v) is 6.65. The summed E-state index contributed by atoms with van der Waals surface area (Å²) in [5, 5.41) is 0. The van der Waals surface area contributed by atoms with Crippen molar-refractivity contribution in [2.45, 2.75) is 39.1 Å². The fraction of sp³-hybridized carbons (Fsp3) is 0.571. The van der Waals surface area contributed by atoms with Crippen LogP contribution in [0.5, 0.6) is 5.75 Å². The van der Waals surface area contributed by atoms with Gasteiger partial charge >= 0.3 is 0 Å². The van der Waals surface area contributed by atoms with Gasteiger partial charge in [0.25, 0.3) is 0 Å². The van der Waals surface area contributed by atoms with Crippen LogP contribution in [0.1, 0.15) is 32.6 Å². The van der Waals surface area contributed by atoms with Gasteiger partial charge in [-0.15, -0.1) is 0 Å². The van der Waals surface area contributed by atoms with E-state index in [2.05, 4.69) is 13.8 Å². The molecular formula is C14H23O3Si. The first-order valence-electron chi connectivity index (χ1n) is 6.52. The third-order valence-electron chi connectivity index (χ3n) is 2.77. The lowest BCUT2D eigenvalue weighted by Gasteiger charge is -2.22. The lowest BCUT2D eigenvalue weighted by molar-refractivity contribution is -0.0818. The predicted molar refractivity (Wildman–Crippen MR) is 75.2 cm³/mol. The molecule has 0 amide bonds. The van der Waals surface area contributed by atoms with Gasteiger partial charge in [-0.2, -0.15) is 0 Å². The van der Waals surface area contributed by atoms with Crippen LogP contribution in [0.25, 0.3) is 0 Å². The largest absolute Gasteiger partial charge is 0.497 e. The maximum Gasteiger partial charge on any atom is 0.214 e. The monoisotopic (exact) mass is 267 g/mol. The molecule has 3 nitrogen and oxygen atoms in total. The zero-order valence-corrected chi connectivity index (χ0v) is 12.7.